The number of aromatic nitrogens is 2. The smallest absolute Gasteiger partial charge is 0.321 e. The van der Waals surface area contributed by atoms with E-state index < -0.39 is 0 Å². The lowest BCUT2D eigenvalue weighted by molar-refractivity contribution is 0.00941. The Labute approximate surface area is 124 Å². The molecule has 1 saturated heterocycles. The summed E-state index contributed by atoms with van der Waals surface area (Å²) in [6, 6.07) is 11.1. The van der Waals surface area contributed by atoms with E-state index in [0.717, 1.165) is 25.3 Å². The SMILES string of the molecule is CC(C)c1noc(NC2CCOC(c3ccccc3)C2)n1. The fourth-order valence-corrected chi connectivity index (χ4v) is 2.53. The molecule has 3 rings (SSSR count). The van der Waals surface area contributed by atoms with Crippen molar-refractivity contribution in [1.29, 1.82) is 0 Å². The van der Waals surface area contributed by atoms with Crippen LogP contribution in [0.25, 0.3) is 0 Å². The molecule has 0 aliphatic carbocycles. The lowest BCUT2D eigenvalue weighted by Crippen LogP contribution is -2.30. The minimum absolute atomic E-state index is 0.130. The van der Waals surface area contributed by atoms with E-state index in [4.69, 9.17) is 9.26 Å². The number of nitrogens with one attached hydrogen (secondary N) is 1. The second-order valence-corrected chi connectivity index (χ2v) is 5.75. The van der Waals surface area contributed by atoms with Gasteiger partial charge in [0.1, 0.15) is 0 Å². The van der Waals surface area contributed by atoms with Gasteiger partial charge in [-0.2, -0.15) is 4.98 Å². The maximum atomic E-state index is 5.87. The molecule has 1 aromatic heterocycles. The van der Waals surface area contributed by atoms with E-state index in [1.54, 1.807) is 0 Å². The molecule has 0 amide bonds. The van der Waals surface area contributed by atoms with Crippen LogP contribution in [-0.2, 0) is 4.74 Å². The minimum Gasteiger partial charge on any atom is -0.373 e. The Morgan fingerprint density at radius 1 is 1.24 bits per heavy atom. The third kappa shape index (κ3) is 3.42. The molecule has 0 saturated carbocycles. The van der Waals surface area contributed by atoms with Crippen LogP contribution < -0.4 is 5.32 Å². The van der Waals surface area contributed by atoms with Crippen LogP contribution in [0, 0.1) is 0 Å². The van der Waals surface area contributed by atoms with Gasteiger partial charge in [0, 0.05) is 18.6 Å². The summed E-state index contributed by atoms with van der Waals surface area (Å²) >= 11 is 0. The molecule has 112 valence electrons. The van der Waals surface area contributed by atoms with Gasteiger partial charge < -0.3 is 14.6 Å². The van der Waals surface area contributed by atoms with E-state index in [1.807, 2.05) is 18.2 Å². The average molecular weight is 287 g/mol. The molecular weight excluding hydrogens is 266 g/mol. The molecule has 0 spiro atoms. The highest BCUT2D eigenvalue weighted by atomic mass is 16.5. The summed E-state index contributed by atoms with van der Waals surface area (Å²) in [6.07, 6.45) is 1.98. The standard InChI is InChI=1S/C16H21N3O2/c1-11(2)15-18-16(21-19-15)17-13-8-9-20-14(10-13)12-6-4-3-5-7-12/h3-7,11,13-14H,8-10H2,1-2H3,(H,17,18,19). The summed E-state index contributed by atoms with van der Waals surface area (Å²) in [5.74, 6) is 1.01. The topological polar surface area (TPSA) is 60.2 Å². The van der Waals surface area contributed by atoms with E-state index >= 15 is 0 Å². The van der Waals surface area contributed by atoms with Gasteiger partial charge in [-0.1, -0.05) is 49.3 Å². The van der Waals surface area contributed by atoms with E-state index in [9.17, 15) is 0 Å². The Balaban J connectivity index is 1.63. The van der Waals surface area contributed by atoms with Crippen LogP contribution >= 0.6 is 0 Å². The molecule has 2 unspecified atom stereocenters. The molecule has 1 aliphatic heterocycles. The van der Waals surface area contributed by atoms with E-state index in [0.29, 0.717) is 12.1 Å². The van der Waals surface area contributed by atoms with Gasteiger partial charge in [0.2, 0.25) is 0 Å². The summed E-state index contributed by atoms with van der Waals surface area (Å²) in [5.41, 5.74) is 1.22. The summed E-state index contributed by atoms with van der Waals surface area (Å²) < 4.78 is 11.1. The van der Waals surface area contributed by atoms with Crippen molar-refractivity contribution in [1.82, 2.24) is 10.1 Å². The lowest BCUT2D eigenvalue weighted by atomic mass is 9.98. The number of nitrogens with zero attached hydrogens (tertiary/aromatic N) is 2. The van der Waals surface area contributed by atoms with Gasteiger partial charge in [-0.25, -0.2) is 0 Å². The predicted molar refractivity (Wildman–Crippen MR) is 80.2 cm³/mol. The molecule has 2 heterocycles. The number of rotatable bonds is 4. The molecule has 5 nitrogen and oxygen atoms in total. The molecule has 21 heavy (non-hydrogen) atoms. The van der Waals surface area contributed by atoms with Crippen molar-refractivity contribution in [2.24, 2.45) is 0 Å². The van der Waals surface area contributed by atoms with Crippen LogP contribution in [0.15, 0.2) is 34.9 Å². The highest BCUT2D eigenvalue weighted by Gasteiger charge is 2.25. The largest absolute Gasteiger partial charge is 0.373 e. The lowest BCUT2D eigenvalue weighted by Gasteiger charge is -2.29. The van der Waals surface area contributed by atoms with Gasteiger partial charge in [-0.05, 0) is 18.4 Å². The van der Waals surface area contributed by atoms with E-state index in [2.05, 4.69) is 41.4 Å². The molecule has 1 N–H and O–H groups in total. The van der Waals surface area contributed by atoms with Crippen LogP contribution in [0.5, 0.6) is 0 Å². The van der Waals surface area contributed by atoms with Crippen molar-refractivity contribution in [2.75, 3.05) is 11.9 Å². The van der Waals surface area contributed by atoms with Crippen molar-refractivity contribution >= 4 is 6.01 Å². The summed E-state index contributed by atoms with van der Waals surface area (Å²) in [7, 11) is 0. The monoisotopic (exact) mass is 287 g/mol. The van der Waals surface area contributed by atoms with Crippen LogP contribution in [0.3, 0.4) is 0 Å². The second-order valence-electron chi connectivity index (χ2n) is 5.75. The zero-order valence-corrected chi connectivity index (χ0v) is 12.5. The van der Waals surface area contributed by atoms with E-state index in [1.165, 1.54) is 5.56 Å². The molecule has 0 radical (unpaired) electrons. The van der Waals surface area contributed by atoms with Gasteiger partial charge in [0.05, 0.1) is 6.10 Å². The first-order valence-corrected chi connectivity index (χ1v) is 7.49. The molecular formula is C16H21N3O2. The first-order chi connectivity index (χ1) is 10.2. The van der Waals surface area contributed by atoms with Crippen LogP contribution in [0.2, 0.25) is 0 Å². The number of benzene rings is 1. The molecule has 5 heteroatoms. The normalized spacial score (nSPS) is 22.4. The summed E-state index contributed by atoms with van der Waals surface area (Å²) in [4.78, 5) is 4.37. The van der Waals surface area contributed by atoms with Gasteiger partial charge in [-0.15, -0.1) is 0 Å². The van der Waals surface area contributed by atoms with Crippen LogP contribution in [0.1, 0.15) is 50.1 Å². The van der Waals surface area contributed by atoms with Crippen molar-refractivity contribution in [3.05, 3.63) is 41.7 Å². The number of hydrogen-bond acceptors (Lipinski definition) is 5. The predicted octanol–water partition coefficient (Wildman–Crippen LogP) is 3.53. The molecule has 2 aromatic rings. The first-order valence-electron chi connectivity index (χ1n) is 7.49. The fraction of sp³-hybridized carbons (Fsp3) is 0.500. The van der Waals surface area contributed by atoms with Crippen molar-refractivity contribution < 1.29 is 9.26 Å². The Morgan fingerprint density at radius 2 is 2.05 bits per heavy atom. The van der Waals surface area contributed by atoms with Gasteiger partial charge >= 0.3 is 6.01 Å². The molecule has 1 aliphatic rings. The minimum atomic E-state index is 0.130. The zero-order chi connectivity index (χ0) is 14.7. The molecule has 1 fully saturated rings. The molecule has 0 bridgehead atoms. The van der Waals surface area contributed by atoms with Crippen molar-refractivity contribution in [2.45, 2.75) is 44.8 Å². The third-order valence-corrected chi connectivity index (χ3v) is 3.74. The molecule has 2 atom stereocenters. The quantitative estimate of drug-likeness (QED) is 0.932. The Bertz CT molecular complexity index is 568. The van der Waals surface area contributed by atoms with Crippen molar-refractivity contribution in [3.8, 4) is 0 Å². The zero-order valence-electron chi connectivity index (χ0n) is 12.5. The Hall–Kier alpha value is -1.88. The third-order valence-electron chi connectivity index (χ3n) is 3.74. The van der Waals surface area contributed by atoms with Gasteiger partial charge in [0.15, 0.2) is 5.82 Å². The molecule has 1 aromatic carbocycles. The summed E-state index contributed by atoms with van der Waals surface area (Å²) in [5, 5.41) is 7.31. The first kappa shape index (κ1) is 14.1. The highest BCUT2D eigenvalue weighted by molar-refractivity contribution is 5.24. The second kappa shape index (κ2) is 6.26. The van der Waals surface area contributed by atoms with Crippen LogP contribution in [0.4, 0.5) is 6.01 Å². The average Bonchev–Trinajstić information content (AvgIpc) is 2.97. The maximum Gasteiger partial charge on any atom is 0.321 e. The maximum absolute atomic E-state index is 5.87. The number of ether oxygens (including phenoxy) is 1. The number of hydrogen-bond donors (Lipinski definition) is 1. The Morgan fingerprint density at radius 3 is 2.76 bits per heavy atom. The van der Waals surface area contributed by atoms with Gasteiger partial charge in [0.25, 0.3) is 0 Å². The Kier molecular flexibility index (Phi) is 4.20. The van der Waals surface area contributed by atoms with Crippen molar-refractivity contribution in [3.63, 3.8) is 0 Å². The van der Waals surface area contributed by atoms with Gasteiger partial charge in [-0.3, -0.25) is 0 Å². The number of anilines is 1. The highest BCUT2D eigenvalue weighted by Crippen LogP contribution is 2.29. The fourth-order valence-electron chi connectivity index (χ4n) is 2.53. The van der Waals surface area contributed by atoms with Crippen LogP contribution in [-0.4, -0.2) is 22.8 Å². The van der Waals surface area contributed by atoms with E-state index in [-0.39, 0.29) is 12.0 Å². The summed E-state index contributed by atoms with van der Waals surface area (Å²) in [6.45, 7) is 4.84.